The number of hydrogen-bond acceptors (Lipinski definition) is 5. The molecule has 1 fully saturated rings. The third-order valence-corrected chi connectivity index (χ3v) is 6.20. The summed E-state index contributed by atoms with van der Waals surface area (Å²) in [7, 11) is 0. The normalized spacial score (nSPS) is 19.2. The van der Waals surface area contributed by atoms with Crippen LogP contribution in [0.3, 0.4) is 0 Å². The fourth-order valence-electron chi connectivity index (χ4n) is 4.16. The number of hydrogen-bond donors (Lipinski definition) is 1. The summed E-state index contributed by atoms with van der Waals surface area (Å²) in [6, 6.07) is 14.5. The van der Waals surface area contributed by atoms with Crippen molar-refractivity contribution in [2.75, 3.05) is 26.3 Å². The van der Waals surface area contributed by atoms with Crippen LogP contribution in [0, 0.1) is 12.7 Å². The number of halogens is 1. The van der Waals surface area contributed by atoms with Gasteiger partial charge >= 0.3 is 0 Å². The average Bonchev–Trinajstić information content (AvgIpc) is 3.13. The lowest BCUT2D eigenvalue weighted by atomic mass is 9.96. The van der Waals surface area contributed by atoms with Gasteiger partial charge in [0.1, 0.15) is 24.8 Å². The minimum atomic E-state index is -0.942. The largest absolute Gasteiger partial charge is 0.492 e. The van der Waals surface area contributed by atoms with Crippen molar-refractivity contribution in [3.05, 3.63) is 78.1 Å². The Morgan fingerprint density at radius 1 is 1.06 bits per heavy atom. The van der Waals surface area contributed by atoms with E-state index in [1.807, 2.05) is 25.3 Å². The zero-order valence-electron chi connectivity index (χ0n) is 19.1. The molecule has 2 heterocycles. The van der Waals surface area contributed by atoms with E-state index >= 15 is 0 Å². The van der Waals surface area contributed by atoms with Crippen LogP contribution < -0.4 is 9.47 Å². The van der Waals surface area contributed by atoms with E-state index in [1.165, 1.54) is 11.6 Å². The smallest absolute Gasteiger partial charge is 0.165 e. The van der Waals surface area contributed by atoms with E-state index in [1.54, 1.807) is 24.4 Å². The van der Waals surface area contributed by atoms with Crippen molar-refractivity contribution in [1.82, 2.24) is 14.5 Å². The molecule has 2 aromatic carbocycles. The SMILES string of the molecule is Cc1nccn1CCOc1ccc(CN2CCCC(O)(COc3ccccc3F)CC2)cc1. The monoisotopic (exact) mass is 453 g/mol. The summed E-state index contributed by atoms with van der Waals surface area (Å²) in [6.07, 6.45) is 5.85. The highest BCUT2D eigenvalue weighted by Crippen LogP contribution is 2.26. The molecule has 0 radical (unpaired) electrons. The summed E-state index contributed by atoms with van der Waals surface area (Å²) in [5.41, 5.74) is 0.267. The zero-order chi connectivity index (χ0) is 23.1. The summed E-state index contributed by atoms with van der Waals surface area (Å²) < 4.78 is 27.3. The molecule has 1 saturated heterocycles. The highest BCUT2D eigenvalue weighted by molar-refractivity contribution is 5.27. The van der Waals surface area contributed by atoms with Crippen LogP contribution in [0.4, 0.5) is 4.39 Å². The molecule has 1 unspecified atom stereocenters. The topological polar surface area (TPSA) is 59.8 Å². The summed E-state index contributed by atoms with van der Waals surface area (Å²) in [5.74, 6) is 1.62. The van der Waals surface area contributed by atoms with Crippen LogP contribution >= 0.6 is 0 Å². The Bertz CT molecular complexity index is 1020. The van der Waals surface area contributed by atoms with Crippen molar-refractivity contribution in [2.24, 2.45) is 0 Å². The number of benzene rings is 2. The van der Waals surface area contributed by atoms with Gasteiger partial charge in [0.15, 0.2) is 11.6 Å². The molecule has 1 N–H and O–H groups in total. The number of aryl methyl sites for hydroxylation is 1. The number of likely N-dealkylation sites (tertiary alicyclic amines) is 1. The fraction of sp³-hybridized carbons (Fsp3) is 0.423. The van der Waals surface area contributed by atoms with E-state index in [2.05, 4.69) is 26.6 Å². The number of ether oxygens (including phenoxy) is 2. The Morgan fingerprint density at radius 3 is 2.64 bits per heavy atom. The molecule has 1 aliphatic heterocycles. The van der Waals surface area contributed by atoms with Crippen LogP contribution in [0.15, 0.2) is 60.9 Å². The number of imidazole rings is 1. The second-order valence-electron chi connectivity index (χ2n) is 8.73. The Morgan fingerprint density at radius 2 is 1.88 bits per heavy atom. The van der Waals surface area contributed by atoms with Gasteiger partial charge in [0.2, 0.25) is 0 Å². The van der Waals surface area contributed by atoms with E-state index in [9.17, 15) is 9.50 Å². The second-order valence-corrected chi connectivity index (χ2v) is 8.73. The van der Waals surface area contributed by atoms with Crippen LogP contribution in [0.1, 0.15) is 30.7 Å². The van der Waals surface area contributed by atoms with Gasteiger partial charge < -0.3 is 19.1 Å². The minimum Gasteiger partial charge on any atom is -0.492 e. The highest BCUT2D eigenvalue weighted by Gasteiger charge is 2.31. The van der Waals surface area contributed by atoms with Crippen molar-refractivity contribution in [3.63, 3.8) is 0 Å². The Hall–Kier alpha value is -2.90. The average molecular weight is 454 g/mol. The van der Waals surface area contributed by atoms with E-state index in [0.717, 1.165) is 44.2 Å². The molecule has 176 valence electrons. The molecule has 4 rings (SSSR count). The number of aliphatic hydroxyl groups is 1. The van der Waals surface area contributed by atoms with Gasteiger partial charge in [-0.3, -0.25) is 4.90 Å². The van der Waals surface area contributed by atoms with Crippen LogP contribution in [-0.2, 0) is 13.1 Å². The Balaban J connectivity index is 1.23. The molecule has 1 aliphatic rings. The van der Waals surface area contributed by atoms with Crippen LogP contribution in [0.5, 0.6) is 11.5 Å². The predicted octanol–water partition coefficient (Wildman–Crippen LogP) is 4.21. The molecule has 33 heavy (non-hydrogen) atoms. The Kier molecular flexibility index (Phi) is 7.62. The molecule has 0 aliphatic carbocycles. The van der Waals surface area contributed by atoms with Crippen LogP contribution in [0.25, 0.3) is 0 Å². The predicted molar refractivity (Wildman–Crippen MR) is 125 cm³/mol. The minimum absolute atomic E-state index is 0.104. The molecule has 0 amide bonds. The molecule has 7 heteroatoms. The quantitative estimate of drug-likeness (QED) is 0.526. The molecule has 6 nitrogen and oxygen atoms in total. The first-order chi connectivity index (χ1) is 16.0. The van der Waals surface area contributed by atoms with Crippen molar-refractivity contribution < 1.29 is 19.0 Å². The van der Waals surface area contributed by atoms with Crippen molar-refractivity contribution in [1.29, 1.82) is 0 Å². The van der Waals surface area contributed by atoms with Crippen molar-refractivity contribution in [3.8, 4) is 11.5 Å². The summed E-state index contributed by atoms with van der Waals surface area (Å²) in [6.45, 7) is 5.94. The zero-order valence-corrected chi connectivity index (χ0v) is 19.1. The third kappa shape index (κ3) is 6.55. The van der Waals surface area contributed by atoms with Crippen LogP contribution in [-0.4, -0.2) is 51.5 Å². The third-order valence-electron chi connectivity index (χ3n) is 6.20. The van der Waals surface area contributed by atoms with E-state index in [4.69, 9.17) is 9.47 Å². The van der Waals surface area contributed by atoms with Gasteiger partial charge in [0, 0.05) is 25.5 Å². The lowest BCUT2D eigenvalue weighted by molar-refractivity contribution is -0.0177. The van der Waals surface area contributed by atoms with Gasteiger partial charge in [-0.25, -0.2) is 9.37 Å². The molecule has 0 bridgehead atoms. The lowest BCUT2D eigenvalue weighted by Crippen LogP contribution is -2.37. The number of rotatable bonds is 9. The van der Waals surface area contributed by atoms with Gasteiger partial charge in [-0.2, -0.15) is 0 Å². The highest BCUT2D eigenvalue weighted by atomic mass is 19.1. The van der Waals surface area contributed by atoms with E-state index < -0.39 is 11.4 Å². The van der Waals surface area contributed by atoms with Gasteiger partial charge in [-0.05, 0) is 62.6 Å². The van der Waals surface area contributed by atoms with Gasteiger partial charge in [0.05, 0.1) is 12.1 Å². The van der Waals surface area contributed by atoms with Crippen molar-refractivity contribution in [2.45, 2.75) is 44.9 Å². The fourth-order valence-corrected chi connectivity index (χ4v) is 4.16. The standard InChI is InChI=1S/C26H32FN3O3/c1-21-28-13-16-30(21)17-18-32-23-9-7-22(8-10-23)19-29-14-4-11-26(31,12-15-29)20-33-25-6-3-2-5-24(25)27/h2-3,5-10,13,16,31H,4,11-12,14-15,17-20H2,1H3. The number of para-hydroxylation sites is 1. The van der Waals surface area contributed by atoms with Gasteiger partial charge in [-0.15, -0.1) is 0 Å². The summed E-state index contributed by atoms with van der Waals surface area (Å²) >= 11 is 0. The maximum Gasteiger partial charge on any atom is 0.165 e. The maximum atomic E-state index is 13.8. The van der Waals surface area contributed by atoms with Crippen molar-refractivity contribution >= 4 is 0 Å². The van der Waals surface area contributed by atoms with Gasteiger partial charge in [0.25, 0.3) is 0 Å². The van der Waals surface area contributed by atoms with E-state index in [0.29, 0.717) is 19.4 Å². The first kappa shape index (κ1) is 23.3. The summed E-state index contributed by atoms with van der Waals surface area (Å²) in [4.78, 5) is 6.56. The molecule has 1 aromatic heterocycles. The number of aromatic nitrogens is 2. The van der Waals surface area contributed by atoms with Gasteiger partial charge in [-0.1, -0.05) is 24.3 Å². The van der Waals surface area contributed by atoms with E-state index in [-0.39, 0.29) is 12.4 Å². The molecule has 3 aromatic rings. The first-order valence-electron chi connectivity index (χ1n) is 11.5. The lowest BCUT2D eigenvalue weighted by Gasteiger charge is -2.27. The molecule has 1 atom stereocenters. The molecule has 0 saturated carbocycles. The molecular weight excluding hydrogens is 421 g/mol. The maximum absolute atomic E-state index is 13.8. The number of nitrogens with zero attached hydrogens (tertiary/aromatic N) is 3. The second kappa shape index (κ2) is 10.8. The summed E-state index contributed by atoms with van der Waals surface area (Å²) in [5, 5.41) is 11.0. The van der Waals surface area contributed by atoms with Crippen LogP contribution in [0.2, 0.25) is 0 Å². The Labute approximate surface area is 194 Å². The molecule has 0 spiro atoms. The molecular formula is C26H32FN3O3. The first-order valence-corrected chi connectivity index (χ1v) is 11.5.